The summed E-state index contributed by atoms with van der Waals surface area (Å²) in [7, 11) is 0. The zero-order valence-corrected chi connectivity index (χ0v) is 15.8. The molecule has 1 aliphatic heterocycles. The van der Waals surface area contributed by atoms with E-state index in [0.29, 0.717) is 18.7 Å². The lowest BCUT2D eigenvalue weighted by atomic mass is 9.99. The number of likely N-dealkylation sites (tertiary alicyclic amines) is 1. The Morgan fingerprint density at radius 3 is 2.79 bits per heavy atom. The molecule has 5 heteroatoms. The Morgan fingerprint density at radius 1 is 1.07 bits per heavy atom. The van der Waals surface area contributed by atoms with Gasteiger partial charge in [0.05, 0.1) is 12.6 Å². The fourth-order valence-corrected chi connectivity index (χ4v) is 3.96. The number of benzene rings is 2. The largest absolute Gasteiger partial charge is 0.332 e. The van der Waals surface area contributed by atoms with Crippen LogP contribution < -0.4 is 0 Å². The van der Waals surface area contributed by atoms with Gasteiger partial charge >= 0.3 is 0 Å². The Bertz CT molecular complexity index is 939. The Balaban J connectivity index is 1.61. The summed E-state index contributed by atoms with van der Waals surface area (Å²) in [6, 6.07) is 16.2. The van der Waals surface area contributed by atoms with Gasteiger partial charge in [-0.05, 0) is 54.3 Å². The topological polar surface area (TPSA) is 38.1 Å². The minimum atomic E-state index is -0.254. The molecule has 1 amide bonds. The molecule has 28 heavy (non-hydrogen) atoms. The van der Waals surface area contributed by atoms with Gasteiger partial charge in [0, 0.05) is 24.5 Å². The van der Waals surface area contributed by atoms with Gasteiger partial charge in [-0.1, -0.05) is 37.1 Å². The molecule has 1 aliphatic rings. The summed E-state index contributed by atoms with van der Waals surface area (Å²) in [5, 5.41) is 4.23. The van der Waals surface area contributed by atoms with Crippen molar-refractivity contribution in [2.75, 3.05) is 6.54 Å². The van der Waals surface area contributed by atoms with Gasteiger partial charge in [0.2, 0.25) is 0 Å². The van der Waals surface area contributed by atoms with Crippen LogP contribution in [-0.2, 0) is 6.54 Å². The number of nitrogens with zero attached hydrogens (tertiary/aromatic N) is 3. The molecule has 1 atom stereocenters. The Labute approximate surface area is 164 Å². The molecule has 0 saturated carbocycles. The molecule has 144 valence electrons. The fraction of sp³-hybridized carbons (Fsp3) is 0.304. The van der Waals surface area contributed by atoms with Crippen LogP contribution >= 0.6 is 0 Å². The molecule has 0 bridgehead atoms. The lowest BCUT2D eigenvalue weighted by molar-refractivity contribution is 0.0680. The number of hydrogen-bond donors (Lipinski definition) is 0. The van der Waals surface area contributed by atoms with E-state index in [1.807, 2.05) is 52.2 Å². The highest BCUT2D eigenvalue weighted by Crippen LogP contribution is 2.31. The van der Waals surface area contributed by atoms with Crippen molar-refractivity contribution in [3.05, 3.63) is 89.5 Å². The van der Waals surface area contributed by atoms with Gasteiger partial charge in [-0.25, -0.2) is 4.39 Å². The Morgan fingerprint density at radius 2 is 1.96 bits per heavy atom. The zero-order chi connectivity index (χ0) is 19.3. The quantitative estimate of drug-likeness (QED) is 0.653. The summed E-state index contributed by atoms with van der Waals surface area (Å²) in [5.74, 6) is -0.242. The number of carbonyl (C=O) groups excluding carboxylic acids is 1. The predicted molar refractivity (Wildman–Crippen MR) is 106 cm³/mol. The van der Waals surface area contributed by atoms with Gasteiger partial charge < -0.3 is 4.90 Å². The van der Waals surface area contributed by atoms with Gasteiger partial charge in [-0.3, -0.25) is 9.48 Å². The molecular weight excluding hydrogens is 353 g/mol. The van der Waals surface area contributed by atoms with Crippen molar-refractivity contribution in [1.29, 1.82) is 0 Å². The van der Waals surface area contributed by atoms with E-state index < -0.39 is 0 Å². The molecule has 0 unspecified atom stereocenters. The molecule has 0 spiro atoms. The van der Waals surface area contributed by atoms with E-state index in [-0.39, 0.29) is 17.8 Å². The molecule has 3 aromatic rings. The molecule has 1 saturated heterocycles. The number of rotatable bonds is 4. The second-order valence-electron chi connectivity index (χ2n) is 7.32. The summed E-state index contributed by atoms with van der Waals surface area (Å²) in [5.41, 5.74) is 2.59. The third-order valence-electron chi connectivity index (χ3n) is 5.32. The highest BCUT2D eigenvalue weighted by atomic mass is 19.1. The first-order valence-electron chi connectivity index (χ1n) is 9.83. The van der Waals surface area contributed by atoms with Crippen LogP contribution in [0.3, 0.4) is 0 Å². The number of halogens is 1. The normalized spacial score (nSPS) is 17.3. The SMILES string of the molecule is O=C(c1cccc(Cn2cccn2)c1)N1CCCCC[C@H]1c1cccc(F)c1. The third-order valence-corrected chi connectivity index (χ3v) is 5.32. The smallest absolute Gasteiger partial charge is 0.254 e. The average molecular weight is 377 g/mol. The summed E-state index contributed by atoms with van der Waals surface area (Å²) >= 11 is 0. The molecule has 0 radical (unpaired) electrons. The summed E-state index contributed by atoms with van der Waals surface area (Å²) < 4.78 is 15.6. The second-order valence-corrected chi connectivity index (χ2v) is 7.32. The molecule has 1 fully saturated rings. The van der Waals surface area contributed by atoms with E-state index in [2.05, 4.69) is 5.10 Å². The van der Waals surface area contributed by atoms with Crippen LogP contribution in [0.1, 0.15) is 53.2 Å². The van der Waals surface area contributed by atoms with Crippen LogP contribution in [0.4, 0.5) is 4.39 Å². The van der Waals surface area contributed by atoms with E-state index >= 15 is 0 Å². The average Bonchev–Trinajstić information content (AvgIpc) is 3.09. The van der Waals surface area contributed by atoms with E-state index in [0.717, 1.165) is 36.8 Å². The molecule has 4 rings (SSSR count). The first kappa shape index (κ1) is 18.4. The van der Waals surface area contributed by atoms with Crippen LogP contribution in [0, 0.1) is 5.82 Å². The molecule has 0 N–H and O–H groups in total. The van der Waals surface area contributed by atoms with E-state index in [9.17, 15) is 9.18 Å². The Hall–Kier alpha value is -2.95. The zero-order valence-electron chi connectivity index (χ0n) is 15.8. The highest BCUT2D eigenvalue weighted by Gasteiger charge is 2.27. The predicted octanol–water partition coefficient (Wildman–Crippen LogP) is 4.83. The minimum Gasteiger partial charge on any atom is -0.332 e. The van der Waals surface area contributed by atoms with Crippen molar-refractivity contribution in [1.82, 2.24) is 14.7 Å². The van der Waals surface area contributed by atoms with Crippen LogP contribution in [0.5, 0.6) is 0 Å². The van der Waals surface area contributed by atoms with Gasteiger partial charge in [0.15, 0.2) is 0 Å². The number of amides is 1. The Kier molecular flexibility index (Phi) is 5.51. The van der Waals surface area contributed by atoms with Crippen LogP contribution in [0.15, 0.2) is 67.0 Å². The molecule has 4 nitrogen and oxygen atoms in total. The van der Waals surface area contributed by atoms with Crippen molar-refractivity contribution < 1.29 is 9.18 Å². The fourth-order valence-electron chi connectivity index (χ4n) is 3.96. The van der Waals surface area contributed by atoms with Crippen molar-refractivity contribution in [3.8, 4) is 0 Å². The number of carbonyl (C=O) groups is 1. The maximum Gasteiger partial charge on any atom is 0.254 e. The van der Waals surface area contributed by atoms with Crippen molar-refractivity contribution in [2.24, 2.45) is 0 Å². The monoisotopic (exact) mass is 377 g/mol. The van der Waals surface area contributed by atoms with Gasteiger partial charge in [0.25, 0.3) is 5.91 Å². The summed E-state index contributed by atoms with van der Waals surface area (Å²) in [6.45, 7) is 1.32. The van der Waals surface area contributed by atoms with Crippen molar-refractivity contribution in [3.63, 3.8) is 0 Å². The van der Waals surface area contributed by atoms with Gasteiger partial charge in [-0.2, -0.15) is 5.10 Å². The molecule has 2 aromatic carbocycles. The van der Waals surface area contributed by atoms with Crippen LogP contribution in [0.25, 0.3) is 0 Å². The number of hydrogen-bond acceptors (Lipinski definition) is 2. The maximum atomic E-state index is 13.8. The number of aromatic nitrogens is 2. The van der Waals surface area contributed by atoms with Crippen LogP contribution in [-0.4, -0.2) is 27.1 Å². The second kappa shape index (κ2) is 8.38. The summed E-state index contributed by atoms with van der Waals surface area (Å²) in [4.78, 5) is 15.3. The third kappa shape index (κ3) is 4.14. The lowest BCUT2D eigenvalue weighted by Gasteiger charge is -2.31. The van der Waals surface area contributed by atoms with Crippen LogP contribution in [0.2, 0.25) is 0 Å². The van der Waals surface area contributed by atoms with E-state index in [4.69, 9.17) is 0 Å². The molecular formula is C23H24FN3O. The standard InChI is InChI=1S/C23H24FN3O/c24-21-10-5-8-19(16-21)22-11-2-1-3-14-27(22)23(28)20-9-4-7-18(15-20)17-26-13-6-12-25-26/h4-10,12-13,15-16,22H,1-3,11,14,17H2/t22-/m0/s1. The molecule has 0 aliphatic carbocycles. The maximum absolute atomic E-state index is 13.8. The van der Waals surface area contributed by atoms with Gasteiger partial charge in [-0.15, -0.1) is 0 Å². The lowest BCUT2D eigenvalue weighted by Crippen LogP contribution is -2.35. The van der Waals surface area contributed by atoms with E-state index in [1.54, 1.807) is 18.3 Å². The molecule has 1 aromatic heterocycles. The first-order valence-corrected chi connectivity index (χ1v) is 9.83. The first-order chi connectivity index (χ1) is 13.7. The minimum absolute atomic E-state index is 0.0125. The van der Waals surface area contributed by atoms with Gasteiger partial charge in [0.1, 0.15) is 5.82 Å². The van der Waals surface area contributed by atoms with E-state index in [1.165, 1.54) is 6.07 Å². The highest BCUT2D eigenvalue weighted by molar-refractivity contribution is 5.94. The molecule has 2 heterocycles. The summed E-state index contributed by atoms with van der Waals surface area (Å²) in [6.07, 6.45) is 7.63. The van der Waals surface area contributed by atoms with Crippen molar-refractivity contribution >= 4 is 5.91 Å². The van der Waals surface area contributed by atoms with Crippen molar-refractivity contribution in [2.45, 2.75) is 38.3 Å².